The lowest BCUT2D eigenvalue weighted by Crippen LogP contribution is -2.03. The van der Waals surface area contributed by atoms with Crippen LogP contribution in [0.5, 0.6) is 5.75 Å². The van der Waals surface area contributed by atoms with E-state index in [9.17, 15) is 9.59 Å². The fraction of sp³-hybridized carbons (Fsp3) is 0.214. The minimum Gasteiger partial charge on any atom is -0.496 e. The molecule has 0 saturated carbocycles. The molecule has 2 aromatic rings. The number of methoxy groups -OCH3 is 1. The van der Waals surface area contributed by atoms with Crippen LogP contribution in [-0.4, -0.2) is 29.0 Å². The lowest BCUT2D eigenvalue weighted by atomic mass is 10.2. The third kappa shape index (κ3) is 3.19. The number of aromatic carboxylic acids is 1. The third-order valence-electron chi connectivity index (χ3n) is 2.80. The van der Waals surface area contributed by atoms with E-state index < -0.39 is 5.97 Å². The van der Waals surface area contributed by atoms with Crippen LogP contribution in [0.15, 0.2) is 18.2 Å². The fourth-order valence-electron chi connectivity index (χ4n) is 1.84. The van der Waals surface area contributed by atoms with Gasteiger partial charge in [-0.3, -0.25) is 4.79 Å². The van der Waals surface area contributed by atoms with Crippen molar-refractivity contribution in [3.63, 3.8) is 0 Å². The van der Waals surface area contributed by atoms with Crippen molar-refractivity contribution in [1.82, 2.24) is 4.98 Å². The number of Topliss-reactive ketones (excluding diaryl/α,β-unsaturated/α-hetero) is 1. The molecule has 0 atom stereocenters. The second-order valence-electron chi connectivity index (χ2n) is 4.37. The fourth-order valence-corrected chi connectivity index (χ4v) is 2.71. The number of anilines is 2. The predicted octanol–water partition coefficient (Wildman–Crippen LogP) is 3.10. The molecule has 0 amide bonds. The van der Waals surface area contributed by atoms with Gasteiger partial charge in [0.05, 0.1) is 7.11 Å². The number of thiazole rings is 1. The van der Waals surface area contributed by atoms with E-state index in [-0.39, 0.29) is 16.4 Å². The molecule has 110 valence electrons. The average molecular weight is 306 g/mol. The van der Waals surface area contributed by atoms with Crippen LogP contribution in [0.1, 0.15) is 32.6 Å². The second-order valence-corrected chi connectivity index (χ2v) is 5.37. The predicted molar refractivity (Wildman–Crippen MR) is 80.1 cm³/mol. The van der Waals surface area contributed by atoms with Gasteiger partial charge >= 0.3 is 5.97 Å². The molecule has 2 N–H and O–H groups in total. The number of hydrogen-bond acceptors (Lipinski definition) is 6. The molecule has 6 nitrogen and oxygen atoms in total. The average Bonchev–Trinajstić information content (AvgIpc) is 2.83. The zero-order valence-electron chi connectivity index (χ0n) is 11.8. The highest BCUT2D eigenvalue weighted by atomic mass is 32.1. The van der Waals surface area contributed by atoms with Crippen LogP contribution in [0.4, 0.5) is 10.8 Å². The number of nitrogens with zero attached hydrogens (tertiary/aromatic N) is 1. The highest BCUT2D eigenvalue weighted by Crippen LogP contribution is 2.28. The molecule has 0 aliphatic carbocycles. The van der Waals surface area contributed by atoms with Crippen molar-refractivity contribution in [2.45, 2.75) is 13.8 Å². The van der Waals surface area contributed by atoms with Crippen LogP contribution in [0, 0.1) is 6.92 Å². The minimum atomic E-state index is -1.21. The van der Waals surface area contributed by atoms with Crippen LogP contribution >= 0.6 is 11.3 Å². The zero-order chi connectivity index (χ0) is 15.6. The van der Waals surface area contributed by atoms with E-state index >= 15 is 0 Å². The molecule has 0 aliphatic rings. The summed E-state index contributed by atoms with van der Waals surface area (Å²) >= 11 is 1.02. The number of carboxylic acid groups (broad SMARTS) is 1. The summed E-state index contributed by atoms with van der Waals surface area (Å²) in [5.74, 6) is -0.769. The van der Waals surface area contributed by atoms with Crippen LogP contribution in [-0.2, 0) is 0 Å². The normalized spacial score (nSPS) is 10.2. The molecule has 0 bridgehead atoms. The second kappa shape index (κ2) is 5.92. The van der Waals surface area contributed by atoms with Crippen molar-refractivity contribution in [2.75, 3.05) is 12.4 Å². The number of benzene rings is 1. The molecule has 0 unspecified atom stereocenters. The molecule has 21 heavy (non-hydrogen) atoms. The Bertz CT molecular complexity index is 677. The lowest BCUT2D eigenvalue weighted by Gasteiger charge is -2.07. The first-order chi connectivity index (χ1) is 9.92. The van der Waals surface area contributed by atoms with Gasteiger partial charge in [-0.2, -0.15) is 0 Å². The smallest absolute Gasteiger partial charge is 0.356 e. The number of ketones is 1. The van der Waals surface area contributed by atoms with E-state index in [1.54, 1.807) is 19.2 Å². The first-order valence-corrected chi connectivity index (χ1v) is 6.90. The van der Waals surface area contributed by atoms with E-state index in [2.05, 4.69) is 10.3 Å². The molecular formula is C14H14N2O4S. The van der Waals surface area contributed by atoms with E-state index in [4.69, 9.17) is 9.84 Å². The van der Waals surface area contributed by atoms with Gasteiger partial charge in [0.15, 0.2) is 16.6 Å². The summed E-state index contributed by atoms with van der Waals surface area (Å²) in [4.78, 5) is 26.6. The van der Waals surface area contributed by atoms with Gasteiger partial charge < -0.3 is 15.2 Å². The molecule has 0 radical (unpaired) electrons. The number of aryl methyl sites for hydroxylation is 1. The SMILES string of the molecule is COc1ccc(Nc2nc(C(=O)O)c(C(C)=O)s2)cc1C. The molecule has 0 fully saturated rings. The number of carboxylic acids is 1. The van der Waals surface area contributed by atoms with Gasteiger partial charge in [0.25, 0.3) is 0 Å². The number of carbonyl (C=O) groups excluding carboxylic acids is 1. The topological polar surface area (TPSA) is 88.5 Å². The van der Waals surface area contributed by atoms with Gasteiger partial charge in [0, 0.05) is 12.6 Å². The van der Waals surface area contributed by atoms with Crippen molar-refractivity contribution in [3.8, 4) is 5.75 Å². The first-order valence-electron chi connectivity index (χ1n) is 6.09. The number of carbonyl (C=O) groups is 2. The Morgan fingerprint density at radius 2 is 2.10 bits per heavy atom. The summed E-state index contributed by atoms with van der Waals surface area (Å²) in [6.07, 6.45) is 0. The molecule has 2 rings (SSSR count). The maximum Gasteiger partial charge on any atom is 0.356 e. The van der Waals surface area contributed by atoms with Crippen molar-refractivity contribution < 1.29 is 19.4 Å². The lowest BCUT2D eigenvalue weighted by molar-refractivity contribution is 0.0687. The Labute approximate surface area is 125 Å². The summed E-state index contributed by atoms with van der Waals surface area (Å²) in [5.41, 5.74) is 1.46. The third-order valence-corrected chi connectivity index (χ3v) is 3.87. The van der Waals surface area contributed by atoms with Crippen molar-refractivity contribution >= 4 is 33.9 Å². The largest absolute Gasteiger partial charge is 0.496 e. The molecular weight excluding hydrogens is 292 g/mol. The van der Waals surface area contributed by atoms with Gasteiger partial charge in [-0.15, -0.1) is 0 Å². The van der Waals surface area contributed by atoms with Gasteiger partial charge in [0.1, 0.15) is 10.6 Å². The number of ether oxygens (including phenoxy) is 1. The monoisotopic (exact) mass is 306 g/mol. The standard InChI is InChI=1S/C14H14N2O4S/c1-7-6-9(4-5-10(7)20-3)15-14-16-11(13(18)19)12(21-14)8(2)17/h4-6H,1-3H3,(H,15,16)(H,18,19). The van der Waals surface area contributed by atoms with E-state index in [0.717, 1.165) is 28.3 Å². The van der Waals surface area contributed by atoms with Crippen LogP contribution in [0.25, 0.3) is 0 Å². The van der Waals surface area contributed by atoms with E-state index in [1.807, 2.05) is 13.0 Å². The molecule has 1 aromatic heterocycles. The maximum absolute atomic E-state index is 11.4. The molecule has 0 saturated heterocycles. The number of nitrogens with one attached hydrogen (secondary N) is 1. The molecule has 1 aromatic carbocycles. The maximum atomic E-state index is 11.4. The Kier molecular flexibility index (Phi) is 4.23. The number of hydrogen-bond donors (Lipinski definition) is 2. The summed E-state index contributed by atoms with van der Waals surface area (Å²) in [6.45, 7) is 3.22. The molecule has 0 aliphatic heterocycles. The van der Waals surface area contributed by atoms with Gasteiger partial charge in [-0.05, 0) is 30.7 Å². The highest BCUT2D eigenvalue weighted by Gasteiger charge is 2.20. The van der Waals surface area contributed by atoms with E-state index in [1.165, 1.54) is 6.92 Å². The van der Waals surface area contributed by atoms with Crippen LogP contribution in [0.2, 0.25) is 0 Å². The molecule has 7 heteroatoms. The van der Waals surface area contributed by atoms with Crippen molar-refractivity contribution in [2.24, 2.45) is 0 Å². The summed E-state index contributed by atoms with van der Waals surface area (Å²) in [7, 11) is 1.59. The van der Waals surface area contributed by atoms with Crippen molar-refractivity contribution in [3.05, 3.63) is 34.3 Å². The highest BCUT2D eigenvalue weighted by molar-refractivity contribution is 7.17. The van der Waals surface area contributed by atoms with Gasteiger partial charge in [0.2, 0.25) is 0 Å². The number of aromatic nitrogens is 1. The summed E-state index contributed by atoms with van der Waals surface area (Å²) < 4.78 is 5.17. The van der Waals surface area contributed by atoms with Crippen molar-refractivity contribution in [1.29, 1.82) is 0 Å². The van der Waals surface area contributed by atoms with Gasteiger partial charge in [-0.1, -0.05) is 11.3 Å². The Hall–Kier alpha value is -2.41. The Balaban J connectivity index is 2.31. The molecule has 0 spiro atoms. The minimum absolute atomic E-state index is 0.134. The molecule has 1 heterocycles. The zero-order valence-corrected chi connectivity index (χ0v) is 12.6. The van der Waals surface area contributed by atoms with Crippen LogP contribution in [0.3, 0.4) is 0 Å². The summed E-state index contributed by atoms with van der Waals surface area (Å²) in [5, 5.41) is 12.4. The Morgan fingerprint density at radius 3 is 2.57 bits per heavy atom. The first kappa shape index (κ1) is 15.0. The Morgan fingerprint density at radius 1 is 1.38 bits per heavy atom. The number of rotatable bonds is 5. The summed E-state index contributed by atoms with van der Waals surface area (Å²) in [6, 6.07) is 5.45. The quantitative estimate of drug-likeness (QED) is 0.825. The van der Waals surface area contributed by atoms with E-state index in [0.29, 0.717) is 5.13 Å². The van der Waals surface area contributed by atoms with Gasteiger partial charge in [-0.25, -0.2) is 9.78 Å². The van der Waals surface area contributed by atoms with Crippen LogP contribution < -0.4 is 10.1 Å².